The fourth-order valence-electron chi connectivity index (χ4n) is 2.62. The number of nitrogens with two attached hydrogens (primary N) is 1. The summed E-state index contributed by atoms with van der Waals surface area (Å²) in [4.78, 5) is 16.5. The van der Waals surface area contributed by atoms with Gasteiger partial charge in [0, 0.05) is 0 Å². The Morgan fingerprint density at radius 1 is 1.33 bits per heavy atom. The summed E-state index contributed by atoms with van der Waals surface area (Å²) in [5.41, 5.74) is 1.27. The summed E-state index contributed by atoms with van der Waals surface area (Å²) in [6.07, 6.45) is 2.12. The molecule has 0 saturated heterocycles. The van der Waals surface area contributed by atoms with Crippen LogP contribution in [0.1, 0.15) is 28.8 Å². The van der Waals surface area contributed by atoms with Crippen molar-refractivity contribution in [3.63, 3.8) is 0 Å². The van der Waals surface area contributed by atoms with Gasteiger partial charge in [-0.3, -0.25) is 9.52 Å². The van der Waals surface area contributed by atoms with E-state index in [-0.39, 0.29) is 17.3 Å². The number of carbonyl (C=O) groups excluding carboxylic acids is 1. The number of anilines is 3. The van der Waals surface area contributed by atoms with Crippen LogP contribution in [0.15, 0.2) is 31.0 Å². The van der Waals surface area contributed by atoms with Gasteiger partial charge >= 0.3 is 0 Å². The number of nitrogen functional groups attached to an aromatic ring is 1. The SMILES string of the molecule is C=C(OC)c1cc(NC(=O)c2c(F)ccc(NS(=O)(=O)C3CC3)c2F)cnc1NN. The number of ether oxygens (including phenoxy) is 1. The molecule has 3 rings (SSSR count). The van der Waals surface area contributed by atoms with Crippen LogP contribution in [0.25, 0.3) is 5.76 Å². The second-order valence-electron chi connectivity index (χ2n) is 6.48. The quantitative estimate of drug-likeness (QED) is 0.282. The Hall–Kier alpha value is -3.25. The zero-order valence-corrected chi connectivity index (χ0v) is 16.6. The van der Waals surface area contributed by atoms with Crippen LogP contribution in [0.5, 0.6) is 0 Å². The van der Waals surface area contributed by atoms with Crippen LogP contribution in [0.2, 0.25) is 0 Å². The van der Waals surface area contributed by atoms with E-state index in [4.69, 9.17) is 10.6 Å². The molecule has 0 spiro atoms. The number of pyridine rings is 1. The molecule has 0 atom stereocenters. The molecule has 1 fully saturated rings. The first-order valence-corrected chi connectivity index (χ1v) is 10.2. The number of nitrogens with one attached hydrogen (secondary N) is 3. The molecule has 9 nitrogen and oxygen atoms in total. The third-order valence-electron chi connectivity index (χ3n) is 4.36. The van der Waals surface area contributed by atoms with E-state index in [9.17, 15) is 22.0 Å². The van der Waals surface area contributed by atoms with Crippen LogP contribution < -0.4 is 21.3 Å². The van der Waals surface area contributed by atoms with Crippen LogP contribution in [0.3, 0.4) is 0 Å². The number of hydrazine groups is 1. The molecule has 1 aromatic carbocycles. The van der Waals surface area contributed by atoms with Crippen molar-refractivity contribution in [2.45, 2.75) is 18.1 Å². The molecule has 0 bridgehead atoms. The fourth-order valence-corrected chi connectivity index (χ4v) is 4.01. The highest BCUT2D eigenvalue weighted by Gasteiger charge is 2.36. The number of hydrogen-bond acceptors (Lipinski definition) is 7. The topological polar surface area (TPSA) is 135 Å². The molecular weight excluding hydrogens is 420 g/mol. The molecule has 1 aromatic heterocycles. The smallest absolute Gasteiger partial charge is 0.261 e. The first-order chi connectivity index (χ1) is 14.2. The van der Waals surface area contributed by atoms with Crippen molar-refractivity contribution in [1.82, 2.24) is 4.98 Å². The van der Waals surface area contributed by atoms with Crippen molar-refractivity contribution in [2.75, 3.05) is 22.6 Å². The van der Waals surface area contributed by atoms with E-state index in [2.05, 4.69) is 27.0 Å². The third-order valence-corrected chi connectivity index (χ3v) is 6.22. The van der Waals surface area contributed by atoms with Crippen LogP contribution in [-0.2, 0) is 14.8 Å². The minimum absolute atomic E-state index is 0.0787. The lowest BCUT2D eigenvalue weighted by molar-refractivity contribution is 0.101. The molecule has 1 amide bonds. The second kappa shape index (κ2) is 8.24. The van der Waals surface area contributed by atoms with Gasteiger partial charge in [-0.05, 0) is 31.0 Å². The van der Waals surface area contributed by atoms with E-state index in [0.29, 0.717) is 18.4 Å². The number of carbonyl (C=O) groups is 1. The first kappa shape index (κ1) is 21.5. The third kappa shape index (κ3) is 4.33. The van der Waals surface area contributed by atoms with Crippen LogP contribution >= 0.6 is 0 Å². The van der Waals surface area contributed by atoms with Crippen molar-refractivity contribution in [1.29, 1.82) is 0 Å². The van der Waals surface area contributed by atoms with Crippen molar-refractivity contribution < 1.29 is 26.7 Å². The van der Waals surface area contributed by atoms with E-state index in [0.717, 1.165) is 12.1 Å². The number of methoxy groups -OCH3 is 1. The minimum atomic E-state index is -3.80. The van der Waals surface area contributed by atoms with Gasteiger partial charge < -0.3 is 15.5 Å². The van der Waals surface area contributed by atoms with Crippen molar-refractivity contribution >= 4 is 38.9 Å². The normalized spacial score (nSPS) is 13.5. The minimum Gasteiger partial charge on any atom is -0.497 e. The Morgan fingerprint density at radius 3 is 2.63 bits per heavy atom. The first-order valence-electron chi connectivity index (χ1n) is 8.68. The van der Waals surface area contributed by atoms with Crippen molar-refractivity contribution in [2.24, 2.45) is 5.84 Å². The Labute approximate surface area is 171 Å². The summed E-state index contributed by atoms with van der Waals surface area (Å²) < 4.78 is 60.2. The zero-order chi connectivity index (χ0) is 22.1. The molecule has 1 heterocycles. The van der Waals surface area contributed by atoms with E-state index in [1.54, 1.807) is 0 Å². The lowest BCUT2D eigenvalue weighted by atomic mass is 10.1. The number of hydrogen-bond donors (Lipinski definition) is 4. The molecule has 1 aliphatic carbocycles. The molecule has 2 aromatic rings. The van der Waals surface area contributed by atoms with Gasteiger partial charge in [-0.25, -0.2) is 28.0 Å². The second-order valence-corrected chi connectivity index (χ2v) is 8.44. The maximum absolute atomic E-state index is 14.8. The molecule has 5 N–H and O–H groups in total. The molecular formula is C18H19F2N5O4S. The summed E-state index contributed by atoms with van der Waals surface area (Å²) in [7, 11) is -2.43. The number of benzene rings is 1. The molecule has 160 valence electrons. The monoisotopic (exact) mass is 439 g/mol. The van der Waals surface area contributed by atoms with Gasteiger partial charge in [-0.1, -0.05) is 6.58 Å². The number of amides is 1. The standard InChI is InChI=1S/C18H19F2N5O4S/c1-9(29-2)12-7-10(8-22-17(12)24-21)23-18(26)15-13(19)5-6-14(16(15)20)25-30(27,28)11-3-4-11/h5-8,11,25H,1,3-4,21H2,2H3,(H,22,24)(H,23,26). The Bertz CT molecular complexity index is 1120. The predicted octanol–water partition coefficient (Wildman–Crippen LogP) is 2.42. The fraction of sp³-hybridized carbons (Fsp3) is 0.222. The van der Waals surface area contributed by atoms with Gasteiger partial charge in [0.2, 0.25) is 10.0 Å². The lowest BCUT2D eigenvalue weighted by Gasteiger charge is -2.14. The lowest BCUT2D eigenvalue weighted by Crippen LogP contribution is -2.21. The average molecular weight is 439 g/mol. The number of nitrogens with zero attached hydrogens (tertiary/aromatic N) is 1. The van der Waals surface area contributed by atoms with E-state index < -0.39 is 44.1 Å². The number of rotatable bonds is 8. The Kier molecular flexibility index (Phi) is 5.89. The summed E-state index contributed by atoms with van der Waals surface area (Å²) in [6, 6.07) is 3.12. The Morgan fingerprint density at radius 2 is 2.03 bits per heavy atom. The van der Waals surface area contributed by atoms with Gasteiger partial charge in [0.25, 0.3) is 5.91 Å². The highest BCUT2D eigenvalue weighted by molar-refractivity contribution is 7.93. The average Bonchev–Trinajstić information content (AvgIpc) is 3.55. The van der Waals surface area contributed by atoms with E-state index in [1.807, 2.05) is 0 Å². The summed E-state index contributed by atoms with van der Waals surface area (Å²) >= 11 is 0. The number of aromatic nitrogens is 1. The molecule has 1 saturated carbocycles. The van der Waals surface area contributed by atoms with E-state index in [1.165, 1.54) is 19.4 Å². The molecule has 0 aliphatic heterocycles. The van der Waals surface area contributed by atoms with Crippen molar-refractivity contribution in [3.05, 3.63) is 53.7 Å². The van der Waals surface area contributed by atoms with Crippen LogP contribution in [0.4, 0.5) is 26.0 Å². The van der Waals surface area contributed by atoms with Gasteiger partial charge in [0.15, 0.2) is 11.6 Å². The molecule has 12 heteroatoms. The summed E-state index contributed by atoms with van der Waals surface area (Å²) in [6.45, 7) is 3.67. The molecule has 0 unspecified atom stereocenters. The van der Waals surface area contributed by atoms with E-state index >= 15 is 0 Å². The molecule has 30 heavy (non-hydrogen) atoms. The zero-order valence-electron chi connectivity index (χ0n) is 15.8. The van der Waals surface area contributed by atoms with Crippen LogP contribution in [0, 0.1) is 11.6 Å². The molecule has 0 radical (unpaired) electrons. The highest BCUT2D eigenvalue weighted by atomic mass is 32.2. The summed E-state index contributed by atoms with van der Waals surface area (Å²) in [5.74, 6) is 2.13. The Balaban J connectivity index is 1.90. The van der Waals surface area contributed by atoms with Gasteiger partial charge in [0.05, 0.1) is 35.5 Å². The predicted molar refractivity (Wildman–Crippen MR) is 108 cm³/mol. The largest absolute Gasteiger partial charge is 0.497 e. The van der Waals surface area contributed by atoms with Gasteiger partial charge in [-0.2, -0.15) is 0 Å². The maximum Gasteiger partial charge on any atom is 0.261 e. The van der Waals surface area contributed by atoms with Crippen LogP contribution in [-0.4, -0.2) is 31.7 Å². The number of sulfonamides is 1. The molecule has 1 aliphatic rings. The van der Waals surface area contributed by atoms with Crippen molar-refractivity contribution in [3.8, 4) is 0 Å². The van der Waals surface area contributed by atoms with Gasteiger partial charge in [-0.15, -0.1) is 0 Å². The highest BCUT2D eigenvalue weighted by Crippen LogP contribution is 2.31. The summed E-state index contributed by atoms with van der Waals surface area (Å²) in [5, 5.41) is 1.69. The maximum atomic E-state index is 14.8. The van der Waals surface area contributed by atoms with Gasteiger partial charge in [0.1, 0.15) is 17.1 Å². The number of halogens is 2.